The molecule has 2 aliphatic rings. The maximum atomic E-state index is 10.8. The standard InChI is InChI=1S/C7H9NOS/c1-10-6-2-3-8-5(6)4-7(8)9/h2-3,5-6H,4H2,1H3/t5-,6?/m0/s1. The van der Waals surface area contributed by atoms with Crippen LogP contribution in [0.15, 0.2) is 12.3 Å². The molecule has 1 fully saturated rings. The predicted molar refractivity (Wildman–Crippen MR) is 41.7 cm³/mol. The molecule has 1 amide bonds. The molecule has 0 N–H and O–H groups in total. The average molecular weight is 155 g/mol. The Balaban J connectivity index is 2.10. The van der Waals surface area contributed by atoms with Gasteiger partial charge < -0.3 is 4.90 Å². The fourth-order valence-corrected chi connectivity index (χ4v) is 2.23. The topological polar surface area (TPSA) is 20.3 Å². The Morgan fingerprint density at radius 2 is 2.60 bits per heavy atom. The minimum atomic E-state index is 0.276. The van der Waals surface area contributed by atoms with Gasteiger partial charge in [0.2, 0.25) is 5.91 Å². The first-order valence-electron chi connectivity index (χ1n) is 3.35. The van der Waals surface area contributed by atoms with Crippen LogP contribution in [-0.4, -0.2) is 28.4 Å². The zero-order valence-corrected chi connectivity index (χ0v) is 6.60. The van der Waals surface area contributed by atoms with Crippen molar-refractivity contribution < 1.29 is 4.79 Å². The van der Waals surface area contributed by atoms with Crippen LogP contribution in [0.1, 0.15) is 6.42 Å². The highest BCUT2D eigenvalue weighted by atomic mass is 32.2. The molecule has 0 aromatic carbocycles. The molecule has 0 radical (unpaired) electrons. The third-order valence-corrected chi connectivity index (χ3v) is 3.13. The molecule has 0 aliphatic carbocycles. The Labute approximate surface area is 64.3 Å². The minimum Gasteiger partial charge on any atom is -0.314 e. The fourth-order valence-electron chi connectivity index (χ4n) is 1.46. The van der Waals surface area contributed by atoms with Crippen molar-refractivity contribution in [3.63, 3.8) is 0 Å². The number of nitrogens with zero attached hydrogens (tertiary/aromatic N) is 1. The van der Waals surface area contributed by atoms with Gasteiger partial charge in [-0.25, -0.2) is 0 Å². The van der Waals surface area contributed by atoms with Crippen molar-refractivity contribution >= 4 is 17.7 Å². The van der Waals surface area contributed by atoms with E-state index in [1.54, 1.807) is 0 Å². The van der Waals surface area contributed by atoms with Gasteiger partial charge in [-0.3, -0.25) is 4.79 Å². The molecule has 0 saturated carbocycles. The summed E-state index contributed by atoms with van der Waals surface area (Å²) in [5.41, 5.74) is 0. The lowest BCUT2D eigenvalue weighted by Gasteiger charge is -2.36. The van der Waals surface area contributed by atoms with Gasteiger partial charge in [-0.15, -0.1) is 0 Å². The lowest BCUT2D eigenvalue weighted by atomic mass is 10.0. The normalized spacial score (nSPS) is 36.1. The van der Waals surface area contributed by atoms with E-state index in [-0.39, 0.29) is 5.91 Å². The largest absolute Gasteiger partial charge is 0.314 e. The van der Waals surface area contributed by atoms with Crippen LogP contribution >= 0.6 is 11.8 Å². The van der Waals surface area contributed by atoms with Crippen LogP contribution in [0.2, 0.25) is 0 Å². The highest BCUT2D eigenvalue weighted by Gasteiger charge is 2.42. The smallest absolute Gasteiger partial charge is 0.228 e. The van der Waals surface area contributed by atoms with E-state index in [0.717, 1.165) is 6.42 Å². The molecule has 54 valence electrons. The van der Waals surface area contributed by atoms with Crippen molar-refractivity contribution in [3.8, 4) is 0 Å². The number of thioether (sulfide) groups is 1. The van der Waals surface area contributed by atoms with Crippen molar-refractivity contribution in [2.45, 2.75) is 17.7 Å². The first-order chi connectivity index (χ1) is 4.83. The van der Waals surface area contributed by atoms with Gasteiger partial charge in [0.25, 0.3) is 0 Å². The molecule has 1 unspecified atom stereocenters. The van der Waals surface area contributed by atoms with Crippen molar-refractivity contribution in [2.24, 2.45) is 0 Å². The van der Waals surface area contributed by atoms with Crippen LogP contribution in [0.5, 0.6) is 0 Å². The van der Waals surface area contributed by atoms with Crippen LogP contribution in [0.3, 0.4) is 0 Å². The molecule has 3 heteroatoms. The number of carbonyl (C=O) groups excluding carboxylic acids is 1. The van der Waals surface area contributed by atoms with Gasteiger partial charge in [-0.05, 0) is 6.26 Å². The van der Waals surface area contributed by atoms with Gasteiger partial charge in [0.05, 0.1) is 6.04 Å². The number of carbonyl (C=O) groups is 1. The average Bonchev–Trinajstić information content (AvgIpc) is 2.25. The van der Waals surface area contributed by atoms with Crippen LogP contribution in [0.4, 0.5) is 0 Å². The van der Waals surface area contributed by atoms with Crippen LogP contribution in [-0.2, 0) is 4.79 Å². The summed E-state index contributed by atoms with van der Waals surface area (Å²) in [6, 6.07) is 0.488. The second kappa shape index (κ2) is 2.02. The van der Waals surface area contributed by atoms with Crippen molar-refractivity contribution in [1.29, 1.82) is 0 Å². The van der Waals surface area contributed by atoms with E-state index in [9.17, 15) is 4.79 Å². The van der Waals surface area contributed by atoms with E-state index < -0.39 is 0 Å². The number of rotatable bonds is 1. The summed E-state index contributed by atoms with van der Waals surface area (Å²) < 4.78 is 0. The van der Waals surface area contributed by atoms with Gasteiger partial charge in [0.1, 0.15) is 0 Å². The van der Waals surface area contributed by atoms with E-state index in [4.69, 9.17) is 0 Å². The zero-order valence-electron chi connectivity index (χ0n) is 5.78. The summed E-state index contributed by atoms with van der Waals surface area (Å²) in [6.45, 7) is 0. The molecular weight excluding hydrogens is 146 g/mol. The van der Waals surface area contributed by atoms with Crippen LogP contribution < -0.4 is 0 Å². The lowest BCUT2D eigenvalue weighted by molar-refractivity contribution is -0.139. The van der Waals surface area contributed by atoms with Crippen molar-refractivity contribution in [3.05, 3.63) is 12.3 Å². The third kappa shape index (κ3) is 0.639. The minimum absolute atomic E-state index is 0.276. The van der Waals surface area contributed by atoms with E-state index in [0.29, 0.717) is 11.3 Å². The van der Waals surface area contributed by atoms with Crippen LogP contribution in [0.25, 0.3) is 0 Å². The fraction of sp³-hybridized carbons (Fsp3) is 0.571. The Morgan fingerprint density at radius 1 is 1.80 bits per heavy atom. The molecule has 2 nitrogen and oxygen atoms in total. The molecule has 1 saturated heterocycles. The maximum Gasteiger partial charge on any atom is 0.228 e. The number of β-lactam (4-membered cyclic amide) rings is 1. The second-order valence-electron chi connectivity index (χ2n) is 2.61. The highest BCUT2D eigenvalue weighted by molar-refractivity contribution is 7.99. The highest BCUT2D eigenvalue weighted by Crippen LogP contribution is 2.34. The van der Waals surface area contributed by atoms with Gasteiger partial charge in [-0.2, -0.15) is 11.8 Å². The van der Waals surface area contributed by atoms with Gasteiger partial charge in [0, 0.05) is 17.9 Å². The summed E-state index contributed by atoms with van der Waals surface area (Å²) in [4.78, 5) is 12.7. The Bertz CT molecular complexity index is 202. The molecule has 2 atom stereocenters. The zero-order chi connectivity index (χ0) is 7.14. The number of amides is 1. The van der Waals surface area contributed by atoms with E-state index in [2.05, 4.69) is 12.3 Å². The second-order valence-corrected chi connectivity index (χ2v) is 3.63. The molecule has 0 bridgehead atoms. The first kappa shape index (κ1) is 6.28. The van der Waals surface area contributed by atoms with Crippen molar-refractivity contribution in [1.82, 2.24) is 4.90 Å². The SMILES string of the molecule is CSC1C=CN2C(=O)C[C@@H]12. The molecule has 10 heavy (non-hydrogen) atoms. The maximum absolute atomic E-state index is 10.8. The first-order valence-corrected chi connectivity index (χ1v) is 4.64. The summed E-state index contributed by atoms with van der Waals surface area (Å²) in [6.07, 6.45) is 6.86. The van der Waals surface area contributed by atoms with Crippen molar-refractivity contribution in [2.75, 3.05) is 6.26 Å². The summed E-state index contributed by atoms with van der Waals surface area (Å²) in [5.74, 6) is 0.276. The van der Waals surface area contributed by atoms with E-state index >= 15 is 0 Å². The number of hydrogen-bond donors (Lipinski definition) is 0. The third-order valence-electron chi connectivity index (χ3n) is 2.12. The molecule has 2 rings (SSSR count). The molecule has 2 aliphatic heterocycles. The number of hydrogen-bond acceptors (Lipinski definition) is 2. The Morgan fingerprint density at radius 3 is 3.10 bits per heavy atom. The Hall–Kier alpha value is -0.440. The summed E-state index contributed by atoms with van der Waals surface area (Å²) in [5, 5.41) is 0.553. The quantitative estimate of drug-likeness (QED) is 0.523. The van der Waals surface area contributed by atoms with Gasteiger partial charge in [-0.1, -0.05) is 6.08 Å². The van der Waals surface area contributed by atoms with E-state index in [1.165, 1.54) is 0 Å². The molecule has 2 heterocycles. The summed E-state index contributed by atoms with van der Waals surface area (Å²) >= 11 is 1.82. The number of fused-ring (bicyclic) bond motifs is 1. The molecular formula is C7H9NOS. The summed E-state index contributed by atoms with van der Waals surface area (Å²) in [7, 11) is 0. The predicted octanol–water partition coefficient (Wildman–Crippen LogP) is 0.846. The van der Waals surface area contributed by atoms with E-state index in [1.807, 2.05) is 22.9 Å². The van der Waals surface area contributed by atoms with Gasteiger partial charge in [0.15, 0.2) is 0 Å². The molecule has 0 aromatic rings. The van der Waals surface area contributed by atoms with Gasteiger partial charge >= 0.3 is 0 Å². The molecule has 0 aromatic heterocycles. The Kier molecular flexibility index (Phi) is 1.27. The van der Waals surface area contributed by atoms with Crippen LogP contribution in [0, 0.1) is 0 Å². The monoisotopic (exact) mass is 155 g/mol. The molecule has 0 spiro atoms. The lowest BCUT2D eigenvalue weighted by Crippen LogP contribution is -2.50.